The van der Waals surface area contributed by atoms with Crippen LogP contribution >= 0.6 is 0 Å². The van der Waals surface area contributed by atoms with Crippen molar-refractivity contribution in [1.82, 2.24) is 5.32 Å². The maximum atomic E-state index is 5.08. The Morgan fingerprint density at radius 1 is 1.60 bits per heavy atom. The quantitative estimate of drug-likeness (QED) is 0.580. The van der Waals surface area contributed by atoms with Gasteiger partial charge in [0, 0.05) is 12.6 Å². The minimum Gasteiger partial charge on any atom is -0.383 e. The third kappa shape index (κ3) is 4.37. The Morgan fingerprint density at radius 2 is 2.20 bits per heavy atom. The maximum absolute atomic E-state index is 5.08. The molecule has 2 heteroatoms. The molecule has 0 aliphatic carbocycles. The lowest BCUT2D eigenvalue weighted by atomic mass is 10.1. The SMILES string of the molecule is C#CCNC(C)(C)COC. The van der Waals surface area contributed by atoms with Gasteiger partial charge in [0.2, 0.25) is 0 Å². The molecule has 2 nitrogen and oxygen atoms in total. The minimum absolute atomic E-state index is 0.0128. The zero-order valence-corrected chi connectivity index (χ0v) is 6.90. The highest BCUT2D eigenvalue weighted by Crippen LogP contribution is 2.00. The van der Waals surface area contributed by atoms with Crippen LogP contribution in [0.5, 0.6) is 0 Å². The van der Waals surface area contributed by atoms with E-state index in [0.29, 0.717) is 13.2 Å². The molecule has 0 heterocycles. The second kappa shape index (κ2) is 4.32. The topological polar surface area (TPSA) is 21.3 Å². The lowest BCUT2D eigenvalue weighted by Crippen LogP contribution is -2.43. The first kappa shape index (κ1) is 9.48. The van der Waals surface area contributed by atoms with E-state index >= 15 is 0 Å². The van der Waals surface area contributed by atoms with Crippen LogP contribution in [0.4, 0.5) is 0 Å². The first-order chi connectivity index (χ1) is 4.62. The molecule has 0 atom stereocenters. The molecule has 58 valence electrons. The highest BCUT2D eigenvalue weighted by atomic mass is 16.5. The van der Waals surface area contributed by atoms with E-state index in [4.69, 9.17) is 11.2 Å². The molecule has 1 N–H and O–H groups in total. The second-order valence-electron chi connectivity index (χ2n) is 2.87. The molecule has 0 unspecified atom stereocenters. The van der Waals surface area contributed by atoms with Crippen molar-refractivity contribution in [3.8, 4) is 12.3 Å². The van der Waals surface area contributed by atoms with Crippen LogP contribution in [0.2, 0.25) is 0 Å². The van der Waals surface area contributed by atoms with Crippen molar-refractivity contribution < 1.29 is 4.74 Å². The molecule has 0 amide bonds. The molecule has 0 saturated heterocycles. The van der Waals surface area contributed by atoms with Gasteiger partial charge in [0.15, 0.2) is 0 Å². The van der Waals surface area contributed by atoms with E-state index in [2.05, 4.69) is 11.2 Å². The summed E-state index contributed by atoms with van der Waals surface area (Å²) in [6.45, 7) is 5.37. The standard InChI is InChI=1S/C8H15NO/c1-5-6-9-8(2,3)7-10-4/h1,9H,6-7H2,2-4H3. The van der Waals surface area contributed by atoms with Crippen LogP contribution < -0.4 is 5.32 Å². The van der Waals surface area contributed by atoms with E-state index in [1.54, 1.807) is 7.11 Å². The first-order valence-corrected chi connectivity index (χ1v) is 3.30. The smallest absolute Gasteiger partial charge is 0.0639 e. The van der Waals surface area contributed by atoms with E-state index in [1.165, 1.54) is 0 Å². The number of rotatable bonds is 4. The fourth-order valence-electron chi connectivity index (χ4n) is 0.702. The van der Waals surface area contributed by atoms with Gasteiger partial charge in [-0.2, -0.15) is 0 Å². The van der Waals surface area contributed by atoms with Crippen molar-refractivity contribution in [2.45, 2.75) is 19.4 Å². The molecule has 0 saturated carbocycles. The Balaban J connectivity index is 3.54. The minimum atomic E-state index is -0.0128. The fraction of sp³-hybridized carbons (Fsp3) is 0.750. The van der Waals surface area contributed by atoms with Gasteiger partial charge in [-0.3, -0.25) is 5.32 Å². The van der Waals surface area contributed by atoms with Crippen molar-refractivity contribution in [1.29, 1.82) is 0 Å². The molecule has 0 spiro atoms. The Morgan fingerprint density at radius 3 is 2.60 bits per heavy atom. The zero-order valence-electron chi connectivity index (χ0n) is 6.90. The fourth-order valence-corrected chi connectivity index (χ4v) is 0.702. The van der Waals surface area contributed by atoms with E-state index in [1.807, 2.05) is 13.8 Å². The predicted molar refractivity (Wildman–Crippen MR) is 42.8 cm³/mol. The van der Waals surface area contributed by atoms with Gasteiger partial charge in [-0.15, -0.1) is 6.42 Å². The molecular formula is C8H15NO. The molecule has 10 heavy (non-hydrogen) atoms. The van der Waals surface area contributed by atoms with Crippen LogP contribution in [-0.2, 0) is 4.74 Å². The Labute approximate surface area is 63.0 Å². The van der Waals surface area contributed by atoms with Gasteiger partial charge in [-0.05, 0) is 13.8 Å². The van der Waals surface area contributed by atoms with Crippen LogP contribution in [0.25, 0.3) is 0 Å². The van der Waals surface area contributed by atoms with Crippen molar-refractivity contribution in [2.75, 3.05) is 20.3 Å². The number of nitrogens with one attached hydrogen (secondary N) is 1. The van der Waals surface area contributed by atoms with E-state index in [-0.39, 0.29) is 5.54 Å². The summed E-state index contributed by atoms with van der Waals surface area (Å²) in [6.07, 6.45) is 5.08. The van der Waals surface area contributed by atoms with Crippen LogP contribution in [0.15, 0.2) is 0 Å². The van der Waals surface area contributed by atoms with E-state index in [0.717, 1.165) is 0 Å². The third-order valence-corrected chi connectivity index (χ3v) is 1.17. The molecule has 0 aromatic carbocycles. The number of methoxy groups -OCH3 is 1. The highest BCUT2D eigenvalue weighted by Gasteiger charge is 2.14. The summed E-state index contributed by atoms with van der Waals surface area (Å²) in [5.41, 5.74) is -0.0128. The van der Waals surface area contributed by atoms with E-state index < -0.39 is 0 Å². The molecule has 0 aromatic heterocycles. The summed E-state index contributed by atoms with van der Waals surface area (Å²) in [5, 5.41) is 3.15. The number of ether oxygens (including phenoxy) is 1. The zero-order chi connectivity index (χ0) is 8.04. The van der Waals surface area contributed by atoms with Crippen LogP contribution in [-0.4, -0.2) is 25.8 Å². The molecule has 0 aliphatic rings. The van der Waals surface area contributed by atoms with Gasteiger partial charge in [0.05, 0.1) is 13.2 Å². The monoisotopic (exact) mass is 141 g/mol. The Hall–Kier alpha value is -0.520. The summed E-state index contributed by atoms with van der Waals surface area (Å²) in [7, 11) is 1.68. The summed E-state index contributed by atoms with van der Waals surface area (Å²) >= 11 is 0. The normalized spacial score (nSPS) is 11.0. The van der Waals surface area contributed by atoms with Crippen LogP contribution in [0, 0.1) is 12.3 Å². The Kier molecular flexibility index (Phi) is 4.10. The summed E-state index contributed by atoms with van der Waals surface area (Å²) < 4.78 is 4.97. The number of hydrogen-bond acceptors (Lipinski definition) is 2. The predicted octanol–water partition coefficient (Wildman–Crippen LogP) is 0.634. The van der Waals surface area contributed by atoms with Crippen molar-refractivity contribution >= 4 is 0 Å². The van der Waals surface area contributed by atoms with Crippen LogP contribution in [0.1, 0.15) is 13.8 Å². The molecule has 0 aliphatic heterocycles. The molecular weight excluding hydrogens is 126 g/mol. The van der Waals surface area contributed by atoms with Crippen molar-refractivity contribution in [3.63, 3.8) is 0 Å². The summed E-state index contributed by atoms with van der Waals surface area (Å²) in [5.74, 6) is 2.52. The number of terminal acetylenes is 1. The molecule has 0 fully saturated rings. The summed E-state index contributed by atoms with van der Waals surface area (Å²) in [6, 6.07) is 0. The van der Waals surface area contributed by atoms with Crippen molar-refractivity contribution in [3.05, 3.63) is 0 Å². The number of hydrogen-bond donors (Lipinski definition) is 1. The van der Waals surface area contributed by atoms with Crippen molar-refractivity contribution in [2.24, 2.45) is 0 Å². The van der Waals surface area contributed by atoms with Gasteiger partial charge in [-0.1, -0.05) is 5.92 Å². The molecule has 0 rings (SSSR count). The highest BCUT2D eigenvalue weighted by molar-refractivity contribution is 4.90. The molecule has 0 bridgehead atoms. The lowest BCUT2D eigenvalue weighted by Gasteiger charge is -2.23. The average molecular weight is 141 g/mol. The first-order valence-electron chi connectivity index (χ1n) is 3.30. The largest absolute Gasteiger partial charge is 0.383 e. The van der Waals surface area contributed by atoms with Gasteiger partial charge < -0.3 is 4.74 Å². The summed E-state index contributed by atoms with van der Waals surface area (Å²) in [4.78, 5) is 0. The Bertz CT molecular complexity index is 124. The van der Waals surface area contributed by atoms with Crippen LogP contribution in [0.3, 0.4) is 0 Å². The molecule has 0 aromatic rings. The second-order valence-corrected chi connectivity index (χ2v) is 2.87. The van der Waals surface area contributed by atoms with Gasteiger partial charge in [0.1, 0.15) is 0 Å². The van der Waals surface area contributed by atoms with Gasteiger partial charge in [-0.25, -0.2) is 0 Å². The van der Waals surface area contributed by atoms with E-state index in [9.17, 15) is 0 Å². The van der Waals surface area contributed by atoms with Gasteiger partial charge >= 0.3 is 0 Å². The third-order valence-electron chi connectivity index (χ3n) is 1.17. The average Bonchev–Trinajstić information content (AvgIpc) is 1.84. The lowest BCUT2D eigenvalue weighted by molar-refractivity contribution is 0.131. The van der Waals surface area contributed by atoms with Gasteiger partial charge in [0.25, 0.3) is 0 Å². The molecule has 0 radical (unpaired) electrons. The maximum Gasteiger partial charge on any atom is 0.0639 e.